The first-order valence-electron chi connectivity index (χ1n) is 7.02. The van der Waals surface area contributed by atoms with Crippen LogP contribution >= 0.6 is 0 Å². The maximum absolute atomic E-state index is 14.0. The van der Waals surface area contributed by atoms with E-state index in [0.29, 0.717) is 11.6 Å². The van der Waals surface area contributed by atoms with Crippen LogP contribution in [0.5, 0.6) is 5.75 Å². The molecular weight excluding hydrogens is 243 g/mol. The molecule has 0 aliphatic carbocycles. The van der Waals surface area contributed by atoms with Crippen LogP contribution in [0.25, 0.3) is 0 Å². The number of phenols is 1. The molecule has 1 aliphatic rings. The molecule has 3 nitrogen and oxygen atoms in total. The van der Waals surface area contributed by atoms with E-state index in [2.05, 4.69) is 10.2 Å². The molecule has 0 amide bonds. The summed E-state index contributed by atoms with van der Waals surface area (Å²) in [6.45, 7) is 3.99. The minimum atomic E-state index is -0.318. The number of aromatic hydroxyl groups is 1. The molecule has 0 saturated carbocycles. The number of hydrogen-bond acceptors (Lipinski definition) is 3. The van der Waals surface area contributed by atoms with Gasteiger partial charge in [0.1, 0.15) is 11.6 Å². The summed E-state index contributed by atoms with van der Waals surface area (Å²) in [5.41, 5.74) is 0.667. The molecule has 0 spiro atoms. The Bertz CT molecular complexity index is 423. The van der Waals surface area contributed by atoms with Crippen molar-refractivity contribution < 1.29 is 9.50 Å². The van der Waals surface area contributed by atoms with Crippen LogP contribution in [-0.4, -0.2) is 36.2 Å². The number of benzene rings is 1. The normalized spacial score (nSPS) is 22.4. The minimum Gasteiger partial charge on any atom is -0.508 e. The second kappa shape index (κ2) is 6.35. The van der Waals surface area contributed by atoms with E-state index in [9.17, 15) is 9.50 Å². The summed E-state index contributed by atoms with van der Waals surface area (Å²) in [4.78, 5) is 2.37. The van der Waals surface area contributed by atoms with Crippen LogP contribution in [0.3, 0.4) is 0 Å². The number of phenolic OH excluding ortho intramolecular Hbond substituents is 1. The number of nitrogens with zero attached hydrogens (tertiary/aromatic N) is 1. The molecule has 106 valence electrons. The van der Waals surface area contributed by atoms with Crippen molar-refractivity contribution in [3.8, 4) is 5.75 Å². The third-order valence-corrected chi connectivity index (χ3v) is 4.04. The largest absolute Gasteiger partial charge is 0.508 e. The Morgan fingerprint density at radius 1 is 1.47 bits per heavy atom. The van der Waals surface area contributed by atoms with Crippen molar-refractivity contribution in [1.82, 2.24) is 10.2 Å². The molecule has 2 N–H and O–H groups in total. The number of nitrogens with one attached hydrogen (secondary N) is 1. The van der Waals surface area contributed by atoms with E-state index in [4.69, 9.17) is 0 Å². The fourth-order valence-electron chi connectivity index (χ4n) is 3.02. The average molecular weight is 266 g/mol. The van der Waals surface area contributed by atoms with Gasteiger partial charge in [0.15, 0.2) is 0 Å². The summed E-state index contributed by atoms with van der Waals surface area (Å²) in [6, 6.07) is 4.95. The summed E-state index contributed by atoms with van der Waals surface area (Å²) < 4.78 is 14.0. The molecule has 1 saturated heterocycles. The van der Waals surface area contributed by atoms with Crippen LogP contribution in [-0.2, 0) is 0 Å². The molecule has 1 heterocycles. The highest BCUT2D eigenvalue weighted by Gasteiger charge is 2.28. The Labute approximate surface area is 114 Å². The lowest BCUT2D eigenvalue weighted by molar-refractivity contribution is 0.101. The summed E-state index contributed by atoms with van der Waals surface area (Å²) in [5.74, 6) is -0.333. The quantitative estimate of drug-likeness (QED) is 0.879. The first kappa shape index (κ1) is 14.3. The molecule has 0 radical (unpaired) electrons. The number of likely N-dealkylation sites (tertiary alicyclic amines) is 1. The average Bonchev–Trinajstić information content (AvgIpc) is 2.39. The summed E-state index contributed by atoms with van der Waals surface area (Å²) >= 11 is 0. The Morgan fingerprint density at radius 3 is 2.95 bits per heavy atom. The van der Waals surface area contributed by atoms with Crippen molar-refractivity contribution in [3.05, 3.63) is 29.6 Å². The van der Waals surface area contributed by atoms with E-state index in [-0.39, 0.29) is 17.6 Å². The standard InChI is InChI=1S/C15H23FN2O/c1-11(14-7-6-13(19)9-15(14)16)18-8-4-3-5-12(18)10-17-2/h6-7,9,11-12,17,19H,3-5,8,10H2,1-2H3. The predicted octanol–water partition coefficient (Wildman–Crippen LogP) is 2.67. The number of halogens is 1. The maximum Gasteiger partial charge on any atom is 0.131 e. The van der Waals surface area contributed by atoms with Crippen LogP contribution in [0.1, 0.15) is 37.8 Å². The Morgan fingerprint density at radius 2 is 2.26 bits per heavy atom. The third kappa shape index (κ3) is 3.25. The van der Waals surface area contributed by atoms with E-state index < -0.39 is 0 Å². The summed E-state index contributed by atoms with van der Waals surface area (Å²) in [5, 5.41) is 12.5. The monoisotopic (exact) mass is 266 g/mol. The van der Waals surface area contributed by atoms with Crippen molar-refractivity contribution in [1.29, 1.82) is 0 Å². The van der Waals surface area contributed by atoms with Crippen molar-refractivity contribution in [2.45, 2.75) is 38.3 Å². The van der Waals surface area contributed by atoms with Crippen molar-refractivity contribution in [2.24, 2.45) is 0 Å². The zero-order chi connectivity index (χ0) is 13.8. The van der Waals surface area contributed by atoms with Gasteiger partial charge in [-0.3, -0.25) is 4.90 Å². The van der Waals surface area contributed by atoms with E-state index in [1.54, 1.807) is 12.1 Å². The molecule has 2 unspecified atom stereocenters. The lowest BCUT2D eigenvalue weighted by atomic mass is 9.96. The molecule has 19 heavy (non-hydrogen) atoms. The highest BCUT2D eigenvalue weighted by Crippen LogP contribution is 2.30. The molecule has 0 aromatic heterocycles. The molecule has 0 bridgehead atoms. The van der Waals surface area contributed by atoms with Gasteiger partial charge in [0.05, 0.1) is 0 Å². The molecule has 1 aromatic rings. The Kier molecular flexibility index (Phi) is 4.77. The van der Waals surface area contributed by atoms with Crippen LogP contribution in [0.4, 0.5) is 4.39 Å². The van der Waals surface area contributed by atoms with Crippen LogP contribution in [0.15, 0.2) is 18.2 Å². The van der Waals surface area contributed by atoms with Gasteiger partial charge in [-0.2, -0.15) is 0 Å². The number of piperidine rings is 1. The van der Waals surface area contributed by atoms with Crippen molar-refractivity contribution >= 4 is 0 Å². The van der Waals surface area contributed by atoms with Crippen molar-refractivity contribution in [2.75, 3.05) is 20.1 Å². The number of hydrogen-bond donors (Lipinski definition) is 2. The van der Waals surface area contributed by atoms with Gasteiger partial charge in [-0.25, -0.2) is 4.39 Å². The minimum absolute atomic E-state index is 0.0149. The first-order valence-corrected chi connectivity index (χ1v) is 7.02. The fourth-order valence-corrected chi connectivity index (χ4v) is 3.02. The summed E-state index contributed by atoms with van der Waals surface area (Å²) in [7, 11) is 1.96. The number of likely N-dealkylation sites (N-methyl/N-ethyl adjacent to an activating group) is 1. The van der Waals surface area contributed by atoms with Crippen LogP contribution < -0.4 is 5.32 Å². The summed E-state index contributed by atoms with van der Waals surface area (Å²) in [6.07, 6.45) is 3.57. The van der Waals surface area contributed by atoms with E-state index in [0.717, 1.165) is 19.5 Å². The maximum atomic E-state index is 14.0. The molecular formula is C15H23FN2O. The Balaban J connectivity index is 2.18. The van der Waals surface area contributed by atoms with Gasteiger partial charge >= 0.3 is 0 Å². The fraction of sp³-hybridized carbons (Fsp3) is 0.600. The molecule has 2 atom stereocenters. The second-order valence-corrected chi connectivity index (χ2v) is 5.33. The molecule has 2 rings (SSSR count). The predicted molar refractivity (Wildman–Crippen MR) is 74.8 cm³/mol. The molecule has 1 aliphatic heterocycles. The second-order valence-electron chi connectivity index (χ2n) is 5.33. The van der Waals surface area contributed by atoms with Crippen LogP contribution in [0.2, 0.25) is 0 Å². The SMILES string of the molecule is CNCC1CCCCN1C(C)c1ccc(O)cc1F. The molecule has 1 aromatic carbocycles. The van der Waals surface area contributed by atoms with Gasteiger partial charge in [0, 0.05) is 30.3 Å². The first-order chi connectivity index (χ1) is 9.13. The lowest BCUT2D eigenvalue weighted by Crippen LogP contribution is -2.46. The molecule has 1 fully saturated rings. The van der Waals surface area contributed by atoms with Gasteiger partial charge in [-0.1, -0.05) is 12.5 Å². The smallest absolute Gasteiger partial charge is 0.131 e. The zero-order valence-corrected chi connectivity index (χ0v) is 11.7. The van der Waals surface area contributed by atoms with Gasteiger partial charge in [-0.15, -0.1) is 0 Å². The van der Waals surface area contributed by atoms with E-state index in [1.165, 1.54) is 18.9 Å². The van der Waals surface area contributed by atoms with Crippen LogP contribution in [0, 0.1) is 5.82 Å². The number of rotatable bonds is 4. The third-order valence-electron chi connectivity index (χ3n) is 4.04. The van der Waals surface area contributed by atoms with Crippen molar-refractivity contribution in [3.63, 3.8) is 0 Å². The van der Waals surface area contributed by atoms with Gasteiger partial charge in [-0.05, 0) is 39.4 Å². The van der Waals surface area contributed by atoms with Gasteiger partial charge < -0.3 is 10.4 Å². The van der Waals surface area contributed by atoms with E-state index in [1.807, 2.05) is 14.0 Å². The topological polar surface area (TPSA) is 35.5 Å². The van der Waals surface area contributed by atoms with Gasteiger partial charge in [0.25, 0.3) is 0 Å². The highest BCUT2D eigenvalue weighted by atomic mass is 19.1. The highest BCUT2D eigenvalue weighted by molar-refractivity contribution is 5.29. The van der Waals surface area contributed by atoms with E-state index >= 15 is 0 Å². The molecule has 4 heteroatoms. The van der Waals surface area contributed by atoms with Gasteiger partial charge in [0.2, 0.25) is 0 Å². The zero-order valence-electron chi connectivity index (χ0n) is 11.7. The lowest BCUT2D eigenvalue weighted by Gasteiger charge is -2.40. The Hall–Kier alpha value is -1.13.